The van der Waals surface area contributed by atoms with Crippen LogP contribution in [-0.4, -0.2) is 48.1 Å². The second-order valence-corrected chi connectivity index (χ2v) is 5.80. The number of likely N-dealkylation sites (tertiary alicyclic amines) is 1. The normalized spacial score (nSPS) is 17.9. The predicted molar refractivity (Wildman–Crippen MR) is 79.5 cm³/mol. The molecule has 19 heavy (non-hydrogen) atoms. The SMILES string of the molecule is CC(C)c1c(N)ncnc1N(C)C1CCN(C)CC1. The van der Waals surface area contributed by atoms with Crippen molar-refractivity contribution < 1.29 is 0 Å². The molecule has 1 saturated heterocycles. The highest BCUT2D eigenvalue weighted by molar-refractivity contribution is 5.58. The molecule has 0 spiro atoms. The van der Waals surface area contributed by atoms with Crippen LogP contribution >= 0.6 is 0 Å². The predicted octanol–water partition coefficient (Wildman–Crippen LogP) is 1.71. The zero-order valence-electron chi connectivity index (χ0n) is 12.4. The maximum absolute atomic E-state index is 6.03. The van der Waals surface area contributed by atoms with Crippen molar-refractivity contribution in [2.75, 3.05) is 37.8 Å². The summed E-state index contributed by atoms with van der Waals surface area (Å²) in [4.78, 5) is 13.3. The number of hydrogen-bond donors (Lipinski definition) is 1. The van der Waals surface area contributed by atoms with Crippen LogP contribution in [0.15, 0.2) is 6.33 Å². The van der Waals surface area contributed by atoms with Crippen molar-refractivity contribution in [3.05, 3.63) is 11.9 Å². The summed E-state index contributed by atoms with van der Waals surface area (Å²) in [7, 11) is 4.31. The van der Waals surface area contributed by atoms with Gasteiger partial charge in [-0.15, -0.1) is 0 Å². The van der Waals surface area contributed by atoms with Gasteiger partial charge in [-0.3, -0.25) is 0 Å². The fraction of sp³-hybridized carbons (Fsp3) is 0.714. The lowest BCUT2D eigenvalue weighted by molar-refractivity contribution is 0.252. The largest absolute Gasteiger partial charge is 0.383 e. The lowest BCUT2D eigenvalue weighted by Crippen LogP contribution is -2.42. The van der Waals surface area contributed by atoms with Gasteiger partial charge in [-0.05, 0) is 38.9 Å². The molecule has 2 N–H and O–H groups in total. The maximum atomic E-state index is 6.03. The first-order chi connectivity index (χ1) is 9.00. The average Bonchev–Trinajstić information content (AvgIpc) is 2.38. The summed E-state index contributed by atoms with van der Waals surface area (Å²) in [6, 6.07) is 0.544. The van der Waals surface area contributed by atoms with Gasteiger partial charge in [-0.1, -0.05) is 13.8 Å². The number of aromatic nitrogens is 2. The van der Waals surface area contributed by atoms with Crippen molar-refractivity contribution in [3.8, 4) is 0 Å². The van der Waals surface area contributed by atoms with E-state index in [0.29, 0.717) is 17.8 Å². The van der Waals surface area contributed by atoms with Gasteiger partial charge in [0.15, 0.2) is 0 Å². The third-order valence-electron chi connectivity index (χ3n) is 4.04. The Morgan fingerprint density at radius 3 is 2.53 bits per heavy atom. The molecule has 0 atom stereocenters. The molecule has 106 valence electrons. The number of hydrogen-bond acceptors (Lipinski definition) is 5. The van der Waals surface area contributed by atoms with Crippen molar-refractivity contribution in [3.63, 3.8) is 0 Å². The molecule has 5 heteroatoms. The van der Waals surface area contributed by atoms with E-state index in [1.54, 1.807) is 6.33 Å². The monoisotopic (exact) mass is 263 g/mol. The first-order valence-electron chi connectivity index (χ1n) is 7.02. The Kier molecular flexibility index (Phi) is 4.24. The molecule has 0 bridgehead atoms. The highest BCUT2D eigenvalue weighted by Crippen LogP contribution is 2.31. The van der Waals surface area contributed by atoms with Gasteiger partial charge >= 0.3 is 0 Å². The minimum Gasteiger partial charge on any atom is -0.383 e. The molecule has 1 aromatic heterocycles. The van der Waals surface area contributed by atoms with E-state index < -0.39 is 0 Å². The molecule has 5 nitrogen and oxygen atoms in total. The number of anilines is 2. The van der Waals surface area contributed by atoms with Gasteiger partial charge in [-0.2, -0.15) is 0 Å². The molecular formula is C14H25N5. The summed E-state index contributed by atoms with van der Waals surface area (Å²) >= 11 is 0. The van der Waals surface area contributed by atoms with Gasteiger partial charge in [0, 0.05) is 18.7 Å². The van der Waals surface area contributed by atoms with E-state index in [2.05, 4.69) is 47.7 Å². The topological polar surface area (TPSA) is 58.3 Å². The molecule has 0 radical (unpaired) electrons. The van der Waals surface area contributed by atoms with E-state index in [9.17, 15) is 0 Å². The van der Waals surface area contributed by atoms with E-state index in [1.165, 1.54) is 12.8 Å². The summed E-state index contributed by atoms with van der Waals surface area (Å²) in [5, 5.41) is 0. The van der Waals surface area contributed by atoms with Crippen molar-refractivity contribution >= 4 is 11.6 Å². The van der Waals surface area contributed by atoms with Crippen molar-refractivity contribution in [1.29, 1.82) is 0 Å². The molecule has 1 fully saturated rings. The van der Waals surface area contributed by atoms with Gasteiger partial charge < -0.3 is 15.5 Å². The van der Waals surface area contributed by atoms with Gasteiger partial charge in [0.2, 0.25) is 0 Å². The average molecular weight is 263 g/mol. The minimum absolute atomic E-state index is 0.338. The summed E-state index contributed by atoms with van der Waals surface area (Å²) in [5.41, 5.74) is 7.10. The van der Waals surface area contributed by atoms with Gasteiger partial charge in [0.25, 0.3) is 0 Å². The minimum atomic E-state index is 0.338. The molecule has 2 heterocycles. The standard InChI is InChI=1S/C14H25N5/c1-10(2)12-13(15)16-9-17-14(12)19(4)11-5-7-18(3)8-6-11/h9-11H,5-8H2,1-4H3,(H2,15,16,17). The highest BCUT2D eigenvalue weighted by Gasteiger charge is 2.24. The third kappa shape index (κ3) is 2.97. The Morgan fingerprint density at radius 1 is 1.32 bits per heavy atom. The second-order valence-electron chi connectivity index (χ2n) is 5.80. The summed E-state index contributed by atoms with van der Waals surface area (Å²) in [5.74, 6) is 1.95. The Hall–Kier alpha value is -1.36. The lowest BCUT2D eigenvalue weighted by atomic mass is 10.0. The lowest BCUT2D eigenvalue weighted by Gasteiger charge is -2.36. The van der Waals surface area contributed by atoms with Crippen LogP contribution in [0.25, 0.3) is 0 Å². The van der Waals surface area contributed by atoms with Crippen LogP contribution in [0.2, 0.25) is 0 Å². The van der Waals surface area contributed by atoms with E-state index in [1.807, 2.05) is 0 Å². The molecule has 0 aromatic carbocycles. The van der Waals surface area contributed by atoms with Crippen molar-refractivity contribution in [1.82, 2.24) is 14.9 Å². The van der Waals surface area contributed by atoms with Gasteiger partial charge in [-0.25, -0.2) is 9.97 Å². The van der Waals surface area contributed by atoms with Crippen molar-refractivity contribution in [2.45, 2.75) is 38.6 Å². The van der Waals surface area contributed by atoms with E-state index in [-0.39, 0.29) is 0 Å². The zero-order chi connectivity index (χ0) is 14.0. The van der Waals surface area contributed by atoms with Crippen LogP contribution in [0.1, 0.15) is 38.2 Å². The van der Waals surface area contributed by atoms with Crippen LogP contribution in [0.5, 0.6) is 0 Å². The van der Waals surface area contributed by atoms with Gasteiger partial charge in [0.1, 0.15) is 18.0 Å². The van der Waals surface area contributed by atoms with Crippen LogP contribution < -0.4 is 10.6 Å². The molecule has 0 unspecified atom stereocenters. The quantitative estimate of drug-likeness (QED) is 0.899. The molecular weight excluding hydrogens is 238 g/mol. The number of nitrogens with two attached hydrogens (primary N) is 1. The van der Waals surface area contributed by atoms with Gasteiger partial charge in [0.05, 0.1) is 0 Å². The molecule has 0 aliphatic carbocycles. The van der Waals surface area contributed by atoms with E-state index in [0.717, 1.165) is 24.5 Å². The molecule has 0 saturated carbocycles. The van der Waals surface area contributed by atoms with E-state index >= 15 is 0 Å². The number of rotatable bonds is 3. The first-order valence-corrected chi connectivity index (χ1v) is 7.02. The summed E-state index contributed by atoms with van der Waals surface area (Å²) in [6.45, 7) is 6.57. The molecule has 1 aromatic rings. The molecule has 2 rings (SSSR count). The van der Waals surface area contributed by atoms with Crippen LogP contribution in [0.4, 0.5) is 11.6 Å². The van der Waals surface area contributed by atoms with Crippen LogP contribution in [0.3, 0.4) is 0 Å². The Bertz CT molecular complexity index is 424. The molecule has 0 amide bonds. The summed E-state index contributed by atoms with van der Waals surface area (Å²) < 4.78 is 0. The fourth-order valence-electron chi connectivity index (χ4n) is 2.79. The van der Waals surface area contributed by atoms with Crippen molar-refractivity contribution in [2.24, 2.45) is 0 Å². The molecule has 1 aliphatic heterocycles. The zero-order valence-corrected chi connectivity index (χ0v) is 12.4. The number of piperidine rings is 1. The molecule has 1 aliphatic rings. The first kappa shape index (κ1) is 14.1. The Balaban J connectivity index is 2.23. The van der Waals surface area contributed by atoms with Crippen LogP contribution in [-0.2, 0) is 0 Å². The smallest absolute Gasteiger partial charge is 0.137 e. The summed E-state index contributed by atoms with van der Waals surface area (Å²) in [6.07, 6.45) is 3.92. The van der Waals surface area contributed by atoms with Crippen LogP contribution in [0, 0.1) is 0 Å². The van der Waals surface area contributed by atoms with E-state index in [4.69, 9.17) is 5.73 Å². The maximum Gasteiger partial charge on any atom is 0.137 e. The highest BCUT2D eigenvalue weighted by atomic mass is 15.2. The Morgan fingerprint density at radius 2 is 1.95 bits per heavy atom. The Labute approximate surface area is 115 Å². The fourth-order valence-corrected chi connectivity index (χ4v) is 2.79. The third-order valence-corrected chi connectivity index (χ3v) is 4.04. The second kappa shape index (κ2) is 5.74. The number of nitrogens with zero attached hydrogens (tertiary/aromatic N) is 4. The number of nitrogen functional groups attached to an aromatic ring is 1.